The lowest BCUT2D eigenvalue weighted by atomic mass is 10.1. The number of ether oxygens (including phenoxy) is 1. The molecule has 0 unspecified atom stereocenters. The van der Waals surface area contributed by atoms with Crippen LogP contribution in [-0.2, 0) is 0 Å². The topological polar surface area (TPSA) is 111 Å². The zero-order chi connectivity index (χ0) is 21.5. The molecule has 7 nitrogen and oxygen atoms in total. The first kappa shape index (κ1) is 20.6. The Bertz CT molecular complexity index is 1060. The highest BCUT2D eigenvalue weighted by Crippen LogP contribution is 2.22. The third-order valence-corrected chi connectivity index (χ3v) is 4.21. The summed E-state index contributed by atoms with van der Waals surface area (Å²) in [5.74, 6) is 0.0730. The maximum Gasteiger partial charge on any atom is 0.255 e. The lowest BCUT2D eigenvalue weighted by Crippen LogP contribution is -2.22. The molecule has 0 aromatic heterocycles. The summed E-state index contributed by atoms with van der Waals surface area (Å²) >= 11 is 0. The molecule has 0 radical (unpaired) electrons. The van der Waals surface area contributed by atoms with E-state index in [1.807, 2.05) is 6.92 Å². The van der Waals surface area contributed by atoms with Crippen LogP contribution in [0.15, 0.2) is 72.8 Å². The quantitative estimate of drug-likeness (QED) is 0.560. The van der Waals surface area contributed by atoms with E-state index < -0.39 is 5.91 Å². The molecular formula is C23H21N3O4. The Morgan fingerprint density at radius 1 is 0.800 bits per heavy atom. The van der Waals surface area contributed by atoms with Crippen LogP contribution in [0.25, 0.3) is 0 Å². The van der Waals surface area contributed by atoms with Crippen molar-refractivity contribution in [2.24, 2.45) is 5.73 Å². The van der Waals surface area contributed by atoms with E-state index in [9.17, 15) is 14.4 Å². The summed E-state index contributed by atoms with van der Waals surface area (Å²) in [5, 5.41) is 5.50. The molecule has 0 aliphatic carbocycles. The molecule has 3 amide bonds. The standard InChI is InChI=1S/C23H21N3O4/c1-2-25-22(28)17-4-3-5-18(14-17)26-23(29)16-8-12-20(13-9-16)30-19-10-6-15(7-11-19)21(24)27/h3-14H,2H2,1H3,(H2,24,27)(H,25,28)(H,26,29). The van der Waals surface area contributed by atoms with Crippen LogP contribution in [0.3, 0.4) is 0 Å². The van der Waals surface area contributed by atoms with Gasteiger partial charge in [0, 0.05) is 28.9 Å². The third-order valence-electron chi connectivity index (χ3n) is 4.21. The van der Waals surface area contributed by atoms with Gasteiger partial charge in [-0.2, -0.15) is 0 Å². The highest BCUT2D eigenvalue weighted by molar-refractivity contribution is 6.05. The monoisotopic (exact) mass is 403 g/mol. The van der Waals surface area contributed by atoms with E-state index >= 15 is 0 Å². The maximum atomic E-state index is 12.5. The Morgan fingerprint density at radius 2 is 1.40 bits per heavy atom. The van der Waals surface area contributed by atoms with Crippen molar-refractivity contribution in [2.75, 3.05) is 11.9 Å². The number of rotatable bonds is 7. The van der Waals surface area contributed by atoms with Crippen molar-refractivity contribution < 1.29 is 19.1 Å². The van der Waals surface area contributed by atoms with Gasteiger partial charge in [-0.25, -0.2) is 0 Å². The summed E-state index contributed by atoms with van der Waals surface area (Å²) in [4.78, 5) is 35.5. The predicted octanol–water partition coefficient (Wildman–Crippen LogP) is 3.58. The van der Waals surface area contributed by atoms with Gasteiger partial charge in [0.2, 0.25) is 5.91 Å². The number of anilines is 1. The van der Waals surface area contributed by atoms with Gasteiger partial charge in [-0.3, -0.25) is 14.4 Å². The average molecular weight is 403 g/mol. The van der Waals surface area contributed by atoms with Gasteiger partial charge in [-0.05, 0) is 73.7 Å². The smallest absolute Gasteiger partial charge is 0.255 e. The van der Waals surface area contributed by atoms with Crippen molar-refractivity contribution in [1.29, 1.82) is 0 Å². The molecule has 4 N–H and O–H groups in total. The lowest BCUT2D eigenvalue weighted by Gasteiger charge is -2.09. The summed E-state index contributed by atoms with van der Waals surface area (Å²) in [6.45, 7) is 2.37. The third kappa shape index (κ3) is 5.23. The first-order valence-corrected chi connectivity index (χ1v) is 9.33. The lowest BCUT2D eigenvalue weighted by molar-refractivity contribution is 0.0953. The number of nitrogens with one attached hydrogen (secondary N) is 2. The Hall–Kier alpha value is -4.13. The minimum absolute atomic E-state index is 0.195. The summed E-state index contributed by atoms with van der Waals surface area (Å²) in [6, 6.07) is 19.8. The minimum atomic E-state index is -0.506. The van der Waals surface area contributed by atoms with E-state index in [0.717, 1.165) is 0 Å². The van der Waals surface area contributed by atoms with Gasteiger partial charge < -0.3 is 21.1 Å². The normalized spacial score (nSPS) is 10.2. The molecule has 0 bridgehead atoms. The Labute approximate surface area is 173 Å². The van der Waals surface area contributed by atoms with Crippen molar-refractivity contribution in [1.82, 2.24) is 5.32 Å². The van der Waals surface area contributed by atoms with Gasteiger partial charge >= 0.3 is 0 Å². The molecule has 0 saturated carbocycles. The fraction of sp³-hybridized carbons (Fsp3) is 0.0870. The van der Waals surface area contributed by atoms with Crippen molar-refractivity contribution in [3.05, 3.63) is 89.5 Å². The predicted molar refractivity (Wildman–Crippen MR) is 114 cm³/mol. The van der Waals surface area contributed by atoms with E-state index in [-0.39, 0.29) is 11.8 Å². The Kier molecular flexibility index (Phi) is 6.44. The van der Waals surface area contributed by atoms with Gasteiger partial charge in [0.25, 0.3) is 11.8 Å². The second kappa shape index (κ2) is 9.38. The Morgan fingerprint density at radius 3 is 1.97 bits per heavy atom. The van der Waals surface area contributed by atoms with Gasteiger partial charge in [0.05, 0.1) is 0 Å². The van der Waals surface area contributed by atoms with Crippen LogP contribution < -0.4 is 21.1 Å². The van der Waals surface area contributed by atoms with Crippen LogP contribution >= 0.6 is 0 Å². The van der Waals surface area contributed by atoms with E-state index in [1.54, 1.807) is 72.8 Å². The zero-order valence-electron chi connectivity index (χ0n) is 16.3. The molecule has 152 valence electrons. The van der Waals surface area contributed by atoms with Crippen molar-refractivity contribution in [2.45, 2.75) is 6.92 Å². The highest BCUT2D eigenvalue weighted by atomic mass is 16.5. The SMILES string of the molecule is CCNC(=O)c1cccc(NC(=O)c2ccc(Oc3ccc(C(N)=O)cc3)cc2)c1. The molecule has 7 heteroatoms. The first-order valence-electron chi connectivity index (χ1n) is 9.33. The van der Waals surface area contributed by atoms with Gasteiger partial charge in [-0.15, -0.1) is 0 Å². The van der Waals surface area contributed by atoms with Crippen LogP contribution in [0, 0.1) is 0 Å². The van der Waals surface area contributed by atoms with Crippen LogP contribution in [0.2, 0.25) is 0 Å². The second-order valence-corrected chi connectivity index (χ2v) is 6.41. The van der Waals surface area contributed by atoms with Crippen molar-refractivity contribution in [3.63, 3.8) is 0 Å². The number of amides is 3. The number of benzene rings is 3. The van der Waals surface area contributed by atoms with Crippen LogP contribution in [0.4, 0.5) is 5.69 Å². The fourth-order valence-corrected chi connectivity index (χ4v) is 2.70. The summed E-state index contributed by atoms with van der Waals surface area (Å²) in [5.41, 5.74) is 7.05. The van der Waals surface area contributed by atoms with Crippen molar-refractivity contribution >= 4 is 23.4 Å². The molecule has 0 aliphatic heterocycles. The zero-order valence-corrected chi connectivity index (χ0v) is 16.3. The summed E-state index contributed by atoms with van der Waals surface area (Å²) in [6.07, 6.45) is 0. The molecule has 30 heavy (non-hydrogen) atoms. The number of primary amides is 1. The number of nitrogens with two attached hydrogens (primary N) is 1. The molecule has 0 atom stereocenters. The molecule has 3 aromatic rings. The minimum Gasteiger partial charge on any atom is -0.457 e. The van der Waals surface area contributed by atoms with Crippen LogP contribution in [0.1, 0.15) is 38.0 Å². The van der Waals surface area contributed by atoms with E-state index in [1.165, 1.54) is 0 Å². The molecule has 0 fully saturated rings. The molecule has 0 aliphatic rings. The van der Waals surface area contributed by atoms with Gasteiger partial charge in [0.1, 0.15) is 11.5 Å². The number of carbonyl (C=O) groups excluding carboxylic acids is 3. The molecule has 0 saturated heterocycles. The number of hydrogen-bond donors (Lipinski definition) is 3. The molecule has 3 aromatic carbocycles. The summed E-state index contributed by atoms with van der Waals surface area (Å²) < 4.78 is 5.70. The van der Waals surface area contributed by atoms with Crippen molar-refractivity contribution in [3.8, 4) is 11.5 Å². The molecule has 0 heterocycles. The van der Waals surface area contributed by atoms with E-state index in [4.69, 9.17) is 10.5 Å². The average Bonchev–Trinajstić information content (AvgIpc) is 2.75. The Balaban J connectivity index is 1.64. The summed E-state index contributed by atoms with van der Waals surface area (Å²) in [7, 11) is 0. The maximum absolute atomic E-state index is 12.5. The first-order chi connectivity index (χ1) is 14.5. The molecule has 3 rings (SSSR count). The second-order valence-electron chi connectivity index (χ2n) is 6.41. The number of hydrogen-bond acceptors (Lipinski definition) is 4. The highest BCUT2D eigenvalue weighted by Gasteiger charge is 2.09. The van der Waals surface area contributed by atoms with Gasteiger partial charge in [-0.1, -0.05) is 6.07 Å². The molecule has 0 spiro atoms. The van der Waals surface area contributed by atoms with Crippen LogP contribution in [0.5, 0.6) is 11.5 Å². The van der Waals surface area contributed by atoms with Gasteiger partial charge in [0.15, 0.2) is 0 Å². The van der Waals surface area contributed by atoms with E-state index in [2.05, 4.69) is 10.6 Å². The van der Waals surface area contributed by atoms with Crippen LogP contribution in [-0.4, -0.2) is 24.3 Å². The van der Waals surface area contributed by atoms with E-state index in [0.29, 0.717) is 40.4 Å². The fourth-order valence-electron chi connectivity index (χ4n) is 2.70. The number of carbonyl (C=O) groups is 3. The largest absolute Gasteiger partial charge is 0.457 e. The molecular weight excluding hydrogens is 382 g/mol.